The van der Waals surface area contributed by atoms with Crippen LogP contribution in [0.3, 0.4) is 0 Å². The number of fused-ring (bicyclic) bond motifs is 1. The molecular formula is C16H21N3. The molecular weight excluding hydrogens is 234 g/mol. The van der Waals surface area contributed by atoms with Crippen molar-refractivity contribution in [2.24, 2.45) is 0 Å². The summed E-state index contributed by atoms with van der Waals surface area (Å²) < 4.78 is 2.29. The first-order valence-electron chi connectivity index (χ1n) is 7.17. The number of nitrogens with zero attached hydrogens (tertiary/aromatic N) is 2. The second kappa shape index (κ2) is 5.57. The van der Waals surface area contributed by atoms with Crippen LogP contribution >= 0.6 is 0 Å². The summed E-state index contributed by atoms with van der Waals surface area (Å²) in [5.74, 6) is 1.76. The SMILES string of the molecule is CCCn1ccnc1CC1CNCc2ccccc21. The highest BCUT2D eigenvalue weighted by Crippen LogP contribution is 2.26. The summed E-state index contributed by atoms with van der Waals surface area (Å²) >= 11 is 0. The molecule has 3 nitrogen and oxygen atoms in total. The van der Waals surface area contributed by atoms with E-state index in [-0.39, 0.29) is 0 Å². The Kier molecular flexibility index (Phi) is 3.65. The second-order valence-corrected chi connectivity index (χ2v) is 5.27. The molecule has 0 aliphatic carbocycles. The van der Waals surface area contributed by atoms with Gasteiger partial charge in [-0.05, 0) is 17.5 Å². The summed E-state index contributed by atoms with van der Waals surface area (Å²) in [5, 5.41) is 3.52. The molecule has 0 radical (unpaired) electrons. The first-order chi connectivity index (χ1) is 9.38. The standard InChI is InChI=1S/C16H21N3/c1-2-8-19-9-7-18-16(19)10-14-12-17-11-13-5-3-4-6-15(13)14/h3-7,9,14,17H,2,8,10-12H2,1H3. The number of imidazole rings is 1. The highest BCUT2D eigenvalue weighted by atomic mass is 15.1. The van der Waals surface area contributed by atoms with Gasteiger partial charge < -0.3 is 9.88 Å². The van der Waals surface area contributed by atoms with E-state index in [2.05, 4.69) is 52.3 Å². The summed E-state index contributed by atoms with van der Waals surface area (Å²) in [6, 6.07) is 8.78. The summed E-state index contributed by atoms with van der Waals surface area (Å²) in [6.07, 6.45) is 6.20. The molecule has 2 heterocycles. The normalized spacial score (nSPS) is 18.3. The maximum Gasteiger partial charge on any atom is 0.109 e. The van der Waals surface area contributed by atoms with Gasteiger partial charge in [0.25, 0.3) is 0 Å². The quantitative estimate of drug-likeness (QED) is 0.910. The fourth-order valence-electron chi connectivity index (χ4n) is 2.96. The van der Waals surface area contributed by atoms with Crippen molar-refractivity contribution in [1.29, 1.82) is 0 Å². The molecule has 3 rings (SSSR count). The molecule has 1 aromatic carbocycles. The van der Waals surface area contributed by atoms with Crippen LogP contribution in [0.1, 0.15) is 36.2 Å². The first kappa shape index (κ1) is 12.4. The van der Waals surface area contributed by atoms with E-state index in [0.717, 1.165) is 32.5 Å². The molecule has 1 unspecified atom stereocenters. The Morgan fingerprint density at radius 3 is 3.16 bits per heavy atom. The zero-order chi connectivity index (χ0) is 13.1. The van der Waals surface area contributed by atoms with Gasteiger partial charge in [0.15, 0.2) is 0 Å². The smallest absolute Gasteiger partial charge is 0.109 e. The third-order valence-corrected chi connectivity index (χ3v) is 3.90. The van der Waals surface area contributed by atoms with Gasteiger partial charge in [-0.2, -0.15) is 0 Å². The molecule has 1 aromatic heterocycles. The molecule has 1 aliphatic heterocycles. The lowest BCUT2D eigenvalue weighted by Gasteiger charge is -2.26. The predicted octanol–water partition coefficient (Wildman–Crippen LogP) is 2.72. The monoisotopic (exact) mass is 255 g/mol. The van der Waals surface area contributed by atoms with Gasteiger partial charge in [-0.15, -0.1) is 0 Å². The lowest BCUT2D eigenvalue weighted by atomic mass is 9.88. The van der Waals surface area contributed by atoms with Gasteiger partial charge in [-0.3, -0.25) is 0 Å². The Bertz CT molecular complexity index is 544. The fourth-order valence-corrected chi connectivity index (χ4v) is 2.96. The van der Waals surface area contributed by atoms with E-state index in [1.807, 2.05) is 6.20 Å². The summed E-state index contributed by atoms with van der Waals surface area (Å²) in [7, 11) is 0. The van der Waals surface area contributed by atoms with Gasteiger partial charge in [-0.25, -0.2) is 4.98 Å². The van der Waals surface area contributed by atoms with Crippen LogP contribution < -0.4 is 5.32 Å². The van der Waals surface area contributed by atoms with Gasteiger partial charge in [0, 0.05) is 44.4 Å². The predicted molar refractivity (Wildman–Crippen MR) is 77.1 cm³/mol. The Balaban J connectivity index is 1.82. The molecule has 1 aliphatic rings. The number of aryl methyl sites for hydroxylation is 1. The average molecular weight is 255 g/mol. The van der Waals surface area contributed by atoms with Crippen LogP contribution in [0, 0.1) is 0 Å². The van der Waals surface area contributed by atoms with Crippen LogP contribution in [-0.4, -0.2) is 16.1 Å². The summed E-state index contributed by atoms with van der Waals surface area (Å²) in [5.41, 5.74) is 2.93. The van der Waals surface area contributed by atoms with Crippen LogP contribution in [0.25, 0.3) is 0 Å². The minimum Gasteiger partial charge on any atom is -0.335 e. The van der Waals surface area contributed by atoms with Gasteiger partial charge in [0.05, 0.1) is 0 Å². The van der Waals surface area contributed by atoms with E-state index in [1.165, 1.54) is 17.0 Å². The minimum atomic E-state index is 0.544. The number of nitrogens with one attached hydrogen (secondary N) is 1. The molecule has 100 valence electrons. The zero-order valence-corrected chi connectivity index (χ0v) is 11.5. The van der Waals surface area contributed by atoms with Crippen molar-refractivity contribution in [2.45, 2.75) is 38.8 Å². The van der Waals surface area contributed by atoms with Crippen molar-refractivity contribution < 1.29 is 0 Å². The number of rotatable bonds is 4. The number of aromatic nitrogens is 2. The Hall–Kier alpha value is -1.61. The Morgan fingerprint density at radius 2 is 2.26 bits per heavy atom. The first-order valence-corrected chi connectivity index (χ1v) is 7.17. The molecule has 0 fully saturated rings. The zero-order valence-electron chi connectivity index (χ0n) is 11.5. The van der Waals surface area contributed by atoms with Crippen LogP contribution in [0.2, 0.25) is 0 Å². The van der Waals surface area contributed by atoms with Crippen molar-refractivity contribution >= 4 is 0 Å². The third kappa shape index (κ3) is 2.56. The molecule has 0 saturated heterocycles. The maximum absolute atomic E-state index is 4.54. The van der Waals surface area contributed by atoms with Gasteiger partial charge in [0.1, 0.15) is 5.82 Å². The second-order valence-electron chi connectivity index (χ2n) is 5.27. The van der Waals surface area contributed by atoms with Crippen molar-refractivity contribution in [3.05, 3.63) is 53.6 Å². The van der Waals surface area contributed by atoms with Crippen LogP contribution in [0.15, 0.2) is 36.7 Å². The lowest BCUT2D eigenvalue weighted by molar-refractivity contribution is 0.515. The maximum atomic E-state index is 4.54. The molecule has 0 amide bonds. The van der Waals surface area contributed by atoms with Crippen molar-refractivity contribution in [3.8, 4) is 0 Å². The number of benzene rings is 1. The van der Waals surface area contributed by atoms with E-state index >= 15 is 0 Å². The molecule has 0 bridgehead atoms. The number of hydrogen-bond donors (Lipinski definition) is 1. The van der Waals surface area contributed by atoms with E-state index < -0.39 is 0 Å². The molecule has 19 heavy (non-hydrogen) atoms. The Labute approximate surface area is 114 Å². The minimum absolute atomic E-state index is 0.544. The van der Waals surface area contributed by atoms with E-state index in [4.69, 9.17) is 0 Å². The highest BCUT2D eigenvalue weighted by molar-refractivity contribution is 5.33. The van der Waals surface area contributed by atoms with Crippen molar-refractivity contribution in [3.63, 3.8) is 0 Å². The van der Waals surface area contributed by atoms with E-state index in [1.54, 1.807) is 0 Å². The molecule has 1 atom stereocenters. The molecule has 0 saturated carbocycles. The topological polar surface area (TPSA) is 29.9 Å². The summed E-state index contributed by atoms with van der Waals surface area (Å²) in [6.45, 7) is 5.32. The molecule has 2 aromatic rings. The van der Waals surface area contributed by atoms with Crippen LogP contribution in [0.4, 0.5) is 0 Å². The van der Waals surface area contributed by atoms with E-state index in [0.29, 0.717) is 5.92 Å². The van der Waals surface area contributed by atoms with Crippen molar-refractivity contribution in [2.75, 3.05) is 6.54 Å². The fraction of sp³-hybridized carbons (Fsp3) is 0.438. The third-order valence-electron chi connectivity index (χ3n) is 3.90. The lowest BCUT2D eigenvalue weighted by Crippen LogP contribution is -2.29. The number of hydrogen-bond acceptors (Lipinski definition) is 2. The van der Waals surface area contributed by atoms with Gasteiger partial charge in [-0.1, -0.05) is 31.2 Å². The van der Waals surface area contributed by atoms with Gasteiger partial charge in [0.2, 0.25) is 0 Å². The van der Waals surface area contributed by atoms with E-state index in [9.17, 15) is 0 Å². The Morgan fingerprint density at radius 1 is 1.37 bits per heavy atom. The van der Waals surface area contributed by atoms with Crippen LogP contribution in [-0.2, 0) is 19.5 Å². The van der Waals surface area contributed by atoms with Crippen molar-refractivity contribution in [1.82, 2.24) is 14.9 Å². The molecule has 3 heteroatoms. The van der Waals surface area contributed by atoms with Gasteiger partial charge >= 0.3 is 0 Å². The van der Waals surface area contributed by atoms with Crippen LogP contribution in [0.5, 0.6) is 0 Å². The average Bonchev–Trinajstić information content (AvgIpc) is 2.87. The highest BCUT2D eigenvalue weighted by Gasteiger charge is 2.21. The molecule has 0 spiro atoms. The molecule has 1 N–H and O–H groups in total. The largest absolute Gasteiger partial charge is 0.335 e. The summed E-state index contributed by atoms with van der Waals surface area (Å²) in [4.78, 5) is 4.54.